The zero-order valence-electron chi connectivity index (χ0n) is 12.1. The molecule has 2 aliphatic rings. The number of rotatable bonds is 1. The van der Waals surface area contributed by atoms with Crippen LogP contribution in [0, 0.1) is 0 Å². The maximum atomic E-state index is 9.84. The van der Waals surface area contributed by atoms with E-state index >= 15 is 0 Å². The van der Waals surface area contributed by atoms with Crippen molar-refractivity contribution in [2.45, 2.75) is 57.8 Å². The van der Waals surface area contributed by atoms with E-state index in [4.69, 9.17) is 9.31 Å². The Morgan fingerprint density at radius 3 is 2.37 bits per heavy atom. The van der Waals surface area contributed by atoms with Gasteiger partial charge in [-0.15, -0.1) is 0 Å². The van der Waals surface area contributed by atoms with E-state index in [1.165, 1.54) is 11.1 Å². The Bertz CT molecular complexity index is 494. The van der Waals surface area contributed by atoms with E-state index in [2.05, 4.69) is 39.8 Å². The van der Waals surface area contributed by atoms with Gasteiger partial charge in [-0.3, -0.25) is 0 Å². The molecule has 102 valence electrons. The van der Waals surface area contributed by atoms with Gasteiger partial charge in [0.15, 0.2) is 0 Å². The van der Waals surface area contributed by atoms with Crippen LogP contribution in [0.5, 0.6) is 0 Å². The number of benzene rings is 1. The molecule has 1 N–H and O–H groups in total. The Balaban J connectivity index is 1.96. The van der Waals surface area contributed by atoms with Gasteiger partial charge in [0.2, 0.25) is 0 Å². The molecule has 0 aromatic heterocycles. The van der Waals surface area contributed by atoms with E-state index in [9.17, 15) is 5.11 Å². The molecule has 1 aromatic carbocycles. The molecule has 1 heterocycles. The number of aliphatic hydroxyl groups excluding tert-OH is 1. The molecule has 1 unspecified atom stereocenters. The zero-order chi connectivity index (χ0) is 13.8. The second kappa shape index (κ2) is 4.08. The summed E-state index contributed by atoms with van der Waals surface area (Å²) in [6, 6.07) is 6.16. The number of hydrogen-bond donors (Lipinski definition) is 1. The highest BCUT2D eigenvalue weighted by molar-refractivity contribution is 6.62. The third kappa shape index (κ3) is 2.02. The molecular formula is C15H21BO3. The van der Waals surface area contributed by atoms with Gasteiger partial charge >= 0.3 is 7.12 Å². The van der Waals surface area contributed by atoms with Gasteiger partial charge in [0.05, 0.1) is 17.3 Å². The lowest BCUT2D eigenvalue weighted by atomic mass is 9.75. The maximum absolute atomic E-state index is 9.84. The van der Waals surface area contributed by atoms with Crippen molar-refractivity contribution in [3.8, 4) is 0 Å². The summed E-state index contributed by atoms with van der Waals surface area (Å²) in [4.78, 5) is 0. The number of aliphatic hydroxyl groups is 1. The Labute approximate surface area is 115 Å². The first kappa shape index (κ1) is 13.2. The largest absolute Gasteiger partial charge is 0.495 e. The van der Waals surface area contributed by atoms with Crippen LogP contribution in [0.2, 0.25) is 0 Å². The summed E-state index contributed by atoms with van der Waals surface area (Å²) in [6.07, 6.45) is 1.18. The summed E-state index contributed by atoms with van der Waals surface area (Å²) in [7, 11) is -0.328. The molecule has 4 heteroatoms. The van der Waals surface area contributed by atoms with Crippen LogP contribution in [0.3, 0.4) is 0 Å². The molecule has 1 saturated heterocycles. The van der Waals surface area contributed by atoms with Crippen molar-refractivity contribution in [2.24, 2.45) is 0 Å². The molecule has 3 rings (SSSR count). The monoisotopic (exact) mass is 260 g/mol. The number of fused-ring (bicyclic) bond motifs is 1. The Morgan fingerprint density at radius 2 is 1.74 bits per heavy atom. The van der Waals surface area contributed by atoms with Crippen LogP contribution in [-0.4, -0.2) is 29.5 Å². The highest BCUT2D eigenvalue weighted by atomic mass is 16.7. The van der Waals surface area contributed by atoms with Gasteiger partial charge in [-0.05, 0) is 57.1 Å². The smallest absolute Gasteiger partial charge is 0.399 e. The fourth-order valence-electron chi connectivity index (χ4n) is 2.85. The van der Waals surface area contributed by atoms with Gasteiger partial charge in [-0.25, -0.2) is 0 Å². The van der Waals surface area contributed by atoms with E-state index in [0.717, 1.165) is 11.9 Å². The molecule has 0 spiro atoms. The number of hydrogen-bond acceptors (Lipinski definition) is 3. The Hall–Kier alpha value is -0.835. The van der Waals surface area contributed by atoms with Gasteiger partial charge in [0, 0.05) is 0 Å². The van der Waals surface area contributed by atoms with Gasteiger partial charge in [-0.1, -0.05) is 18.2 Å². The molecular weight excluding hydrogens is 239 g/mol. The van der Waals surface area contributed by atoms with Crippen molar-refractivity contribution in [1.82, 2.24) is 0 Å². The van der Waals surface area contributed by atoms with E-state index < -0.39 is 0 Å². The van der Waals surface area contributed by atoms with Crippen LogP contribution in [0.1, 0.15) is 38.8 Å². The first-order chi connectivity index (χ1) is 8.80. The minimum absolute atomic E-state index is 0.265. The zero-order valence-corrected chi connectivity index (χ0v) is 12.1. The van der Waals surface area contributed by atoms with Crippen LogP contribution >= 0.6 is 0 Å². The molecule has 1 aliphatic heterocycles. The quantitative estimate of drug-likeness (QED) is 0.777. The second-order valence-corrected chi connectivity index (χ2v) is 6.64. The van der Waals surface area contributed by atoms with Crippen molar-refractivity contribution in [3.05, 3.63) is 29.3 Å². The average molecular weight is 260 g/mol. The maximum Gasteiger partial charge on any atom is 0.495 e. The Kier molecular flexibility index (Phi) is 2.82. The van der Waals surface area contributed by atoms with Crippen LogP contribution < -0.4 is 5.46 Å². The van der Waals surface area contributed by atoms with Gasteiger partial charge in [-0.2, -0.15) is 0 Å². The molecule has 0 amide bonds. The minimum atomic E-state index is -0.328. The average Bonchev–Trinajstić information content (AvgIpc) is 2.75. The molecule has 1 fully saturated rings. The molecule has 1 aliphatic carbocycles. The van der Waals surface area contributed by atoms with Gasteiger partial charge in [0.25, 0.3) is 0 Å². The van der Waals surface area contributed by atoms with E-state index in [1.54, 1.807) is 0 Å². The van der Waals surface area contributed by atoms with E-state index in [-0.39, 0.29) is 24.4 Å². The summed E-state index contributed by atoms with van der Waals surface area (Å²) in [5.41, 5.74) is 2.86. The second-order valence-electron chi connectivity index (χ2n) is 6.64. The first-order valence-electron chi connectivity index (χ1n) is 6.94. The Morgan fingerprint density at radius 1 is 1.11 bits per heavy atom. The summed E-state index contributed by atoms with van der Waals surface area (Å²) in [6.45, 7) is 8.24. The van der Waals surface area contributed by atoms with Gasteiger partial charge < -0.3 is 14.4 Å². The molecule has 1 atom stereocenters. The molecule has 0 saturated carbocycles. The van der Waals surface area contributed by atoms with E-state index in [0.29, 0.717) is 6.42 Å². The van der Waals surface area contributed by atoms with Gasteiger partial charge in [0.1, 0.15) is 0 Å². The van der Waals surface area contributed by atoms with Crippen LogP contribution in [0.25, 0.3) is 0 Å². The normalized spacial score (nSPS) is 27.6. The van der Waals surface area contributed by atoms with Crippen molar-refractivity contribution >= 4 is 12.6 Å². The van der Waals surface area contributed by atoms with Crippen LogP contribution in [0.4, 0.5) is 0 Å². The van der Waals surface area contributed by atoms with Crippen molar-refractivity contribution in [2.75, 3.05) is 0 Å². The first-order valence-corrected chi connectivity index (χ1v) is 6.94. The fraction of sp³-hybridized carbons (Fsp3) is 0.600. The lowest BCUT2D eigenvalue weighted by Gasteiger charge is -2.32. The van der Waals surface area contributed by atoms with Crippen LogP contribution in [0.15, 0.2) is 18.2 Å². The fourth-order valence-corrected chi connectivity index (χ4v) is 2.85. The standard InChI is InChI=1S/C15H21BO3/c1-14(2)15(3,4)19-16(18-14)13-7-5-6-10-8-11(17)9-12(10)13/h5-7,11,17H,8-9H2,1-4H3. The summed E-state index contributed by atoms with van der Waals surface area (Å²) >= 11 is 0. The molecule has 3 nitrogen and oxygen atoms in total. The highest BCUT2D eigenvalue weighted by Crippen LogP contribution is 2.37. The predicted octanol–water partition coefficient (Wildman–Crippen LogP) is 1.45. The summed E-state index contributed by atoms with van der Waals surface area (Å²) < 4.78 is 12.2. The summed E-state index contributed by atoms with van der Waals surface area (Å²) in [5, 5.41) is 9.84. The van der Waals surface area contributed by atoms with E-state index in [1.807, 2.05) is 6.07 Å². The molecule has 0 bridgehead atoms. The SMILES string of the molecule is CC1(C)OB(c2cccc3c2CC(O)C3)OC1(C)C. The lowest BCUT2D eigenvalue weighted by molar-refractivity contribution is 0.00578. The van der Waals surface area contributed by atoms with Crippen LogP contribution in [-0.2, 0) is 22.2 Å². The molecule has 19 heavy (non-hydrogen) atoms. The van der Waals surface area contributed by atoms with Crippen molar-refractivity contribution < 1.29 is 14.4 Å². The minimum Gasteiger partial charge on any atom is -0.399 e. The topological polar surface area (TPSA) is 38.7 Å². The third-order valence-corrected chi connectivity index (χ3v) is 4.71. The molecule has 1 aromatic rings. The summed E-state index contributed by atoms with van der Waals surface area (Å²) in [5.74, 6) is 0. The predicted molar refractivity (Wildman–Crippen MR) is 75.6 cm³/mol. The van der Waals surface area contributed by atoms with Crippen molar-refractivity contribution in [1.29, 1.82) is 0 Å². The molecule has 0 radical (unpaired) electrons. The lowest BCUT2D eigenvalue weighted by Crippen LogP contribution is -2.41. The highest BCUT2D eigenvalue weighted by Gasteiger charge is 2.52. The third-order valence-electron chi connectivity index (χ3n) is 4.71. The van der Waals surface area contributed by atoms with Crippen molar-refractivity contribution in [3.63, 3.8) is 0 Å².